The van der Waals surface area contributed by atoms with Crippen molar-refractivity contribution in [3.05, 3.63) is 67.8 Å². The van der Waals surface area contributed by atoms with Gasteiger partial charge in [0.25, 0.3) is 0 Å². The van der Waals surface area contributed by atoms with Gasteiger partial charge < -0.3 is 4.74 Å². The standard InChI is InChI=1S/C18H20O/c1-3-5-6-11-17(4-2)19-18-13-12-15-9-7-8-10-16(15)14-18/h3-4,7-10,12-14,17H,1-2,5-6,11H2. The van der Waals surface area contributed by atoms with Gasteiger partial charge in [0.2, 0.25) is 0 Å². The summed E-state index contributed by atoms with van der Waals surface area (Å²) in [5, 5.41) is 2.44. The first-order valence-electron chi connectivity index (χ1n) is 6.72. The van der Waals surface area contributed by atoms with Gasteiger partial charge in [-0.05, 0) is 42.2 Å². The Bertz CT molecular complexity index is 556. The molecule has 1 heteroatoms. The number of benzene rings is 2. The summed E-state index contributed by atoms with van der Waals surface area (Å²) in [5.41, 5.74) is 0. The van der Waals surface area contributed by atoms with E-state index in [2.05, 4.69) is 37.4 Å². The van der Waals surface area contributed by atoms with Crippen LogP contribution in [0.3, 0.4) is 0 Å². The van der Waals surface area contributed by atoms with Gasteiger partial charge in [-0.2, -0.15) is 0 Å². The molecule has 0 radical (unpaired) electrons. The third kappa shape index (κ3) is 3.72. The second-order valence-electron chi connectivity index (χ2n) is 4.62. The second kappa shape index (κ2) is 6.79. The highest BCUT2D eigenvalue weighted by molar-refractivity contribution is 5.83. The van der Waals surface area contributed by atoms with E-state index in [9.17, 15) is 0 Å². The molecule has 1 atom stereocenters. The highest BCUT2D eigenvalue weighted by Crippen LogP contribution is 2.22. The van der Waals surface area contributed by atoms with Crippen molar-refractivity contribution in [1.29, 1.82) is 0 Å². The van der Waals surface area contributed by atoms with Gasteiger partial charge in [0.05, 0.1) is 0 Å². The fourth-order valence-corrected chi connectivity index (χ4v) is 2.10. The summed E-state index contributed by atoms with van der Waals surface area (Å²) >= 11 is 0. The molecule has 1 nitrogen and oxygen atoms in total. The van der Waals surface area contributed by atoms with Gasteiger partial charge in [-0.15, -0.1) is 6.58 Å². The molecule has 2 rings (SSSR count). The minimum atomic E-state index is 0.0705. The zero-order chi connectivity index (χ0) is 13.5. The largest absolute Gasteiger partial charge is 0.486 e. The Hall–Kier alpha value is -2.02. The van der Waals surface area contributed by atoms with Crippen molar-refractivity contribution in [1.82, 2.24) is 0 Å². The van der Waals surface area contributed by atoms with Crippen molar-refractivity contribution in [2.24, 2.45) is 0 Å². The normalized spacial score (nSPS) is 12.0. The van der Waals surface area contributed by atoms with Gasteiger partial charge in [-0.1, -0.05) is 49.1 Å². The molecule has 0 bridgehead atoms. The summed E-state index contributed by atoms with van der Waals surface area (Å²) in [6.45, 7) is 7.58. The molecule has 0 saturated heterocycles. The molecule has 2 aromatic carbocycles. The van der Waals surface area contributed by atoms with Crippen molar-refractivity contribution in [3.63, 3.8) is 0 Å². The van der Waals surface area contributed by atoms with Gasteiger partial charge >= 0.3 is 0 Å². The summed E-state index contributed by atoms with van der Waals surface area (Å²) in [6, 6.07) is 14.5. The van der Waals surface area contributed by atoms with Crippen molar-refractivity contribution in [2.75, 3.05) is 0 Å². The third-order valence-corrected chi connectivity index (χ3v) is 3.17. The molecule has 1 unspecified atom stereocenters. The first-order valence-corrected chi connectivity index (χ1v) is 6.72. The van der Waals surface area contributed by atoms with Crippen LogP contribution in [0, 0.1) is 0 Å². The summed E-state index contributed by atoms with van der Waals surface area (Å²) in [7, 11) is 0. The molecule has 0 heterocycles. The van der Waals surface area contributed by atoms with Gasteiger partial charge in [-0.3, -0.25) is 0 Å². The number of hydrogen-bond acceptors (Lipinski definition) is 1. The zero-order valence-corrected chi connectivity index (χ0v) is 11.2. The zero-order valence-electron chi connectivity index (χ0n) is 11.2. The molecule has 0 fully saturated rings. The third-order valence-electron chi connectivity index (χ3n) is 3.17. The van der Waals surface area contributed by atoms with Crippen molar-refractivity contribution in [2.45, 2.75) is 25.4 Å². The lowest BCUT2D eigenvalue weighted by Gasteiger charge is -2.15. The molecule has 0 aliphatic rings. The molecule has 0 aliphatic heterocycles. The van der Waals surface area contributed by atoms with E-state index >= 15 is 0 Å². The van der Waals surface area contributed by atoms with Crippen LogP contribution in [0.1, 0.15) is 19.3 Å². The molecule has 0 spiro atoms. The highest BCUT2D eigenvalue weighted by Gasteiger charge is 2.06. The quantitative estimate of drug-likeness (QED) is 0.490. The predicted octanol–water partition coefficient (Wildman–Crippen LogP) is 5.13. The van der Waals surface area contributed by atoms with Gasteiger partial charge in [-0.25, -0.2) is 0 Å². The van der Waals surface area contributed by atoms with E-state index < -0.39 is 0 Å². The van der Waals surface area contributed by atoms with E-state index in [1.165, 1.54) is 10.8 Å². The van der Waals surface area contributed by atoms with E-state index in [0.717, 1.165) is 25.0 Å². The topological polar surface area (TPSA) is 9.23 Å². The number of rotatable bonds is 7. The Balaban J connectivity index is 2.06. The molecule has 0 aliphatic carbocycles. The second-order valence-corrected chi connectivity index (χ2v) is 4.62. The Labute approximate surface area is 115 Å². The number of allylic oxidation sites excluding steroid dienone is 1. The van der Waals surface area contributed by atoms with Crippen LogP contribution >= 0.6 is 0 Å². The molecule has 98 valence electrons. The first kappa shape index (κ1) is 13.4. The lowest BCUT2D eigenvalue weighted by molar-refractivity contribution is 0.236. The van der Waals surface area contributed by atoms with E-state index in [1.807, 2.05) is 30.4 Å². The number of ether oxygens (including phenoxy) is 1. The number of fused-ring (bicyclic) bond motifs is 1. The van der Waals surface area contributed by atoms with Gasteiger partial charge in [0, 0.05) is 0 Å². The molecule has 0 N–H and O–H groups in total. The van der Waals surface area contributed by atoms with Crippen LogP contribution in [0.5, 0.6) is 5.75 Å². The first-order chi connectivity index (χ1) is 9.33. The van der Waals surface area contributed by atoms with Crippen LogP contribution in [0.25, 0.3) is 10.8 Å². The predicted molar refractivity (Wildman–Crippen MR) is 82.6 cm³/mol. The van der Waals surface area contributed by atoms with Crippen LogP contribution in [-0.4, -0.2) is 6.10 Å². The van der Waals surface area contributed by atoms with Crippen LogP contribution < -0.4 is 4.74 Å². The molecule has 2 aromatic rings. The average Bonchev–Trinajstić information content (AvgIpc) is 2.46. The SMILES string of the molecule is C=CCCCC(C=C)Oc1ccc2ccccc2c1. The maximum atomic E-state index is 5.97. The van der Waals surface area contributed by atoms with Gasteiger partial charge in [0.1, 0.15) is 11.9 Å². The lowest BCUT2D eigenvalue weighted by Crippen LogP contribution is -2.12. The van der Waals surface area contributed by atoms with Crippen LogP contribution in [0.15, 0.2) is 67.8 Å². The summed E-state index contributed by atoms with van der Waals surface area (Å²) in [4.78, 5) is 0. The fraction of sp³-hybridized carbons (Fsp3) is 0.222. The van der Waals surface area contributed by atoms with E-state index in [4.69, 9.17) is 4.74 Å². The lowest BCUT2D eigenvalue weighted by atomic mass is 10.1. The fourth-order valence-electron chi connectivity index (χ4n) is 2.10. The molecular formula is C18H20O. The molecule has 19 heavy (non-hydrogen) atoms. The minimum absolute atomic E-state index is 0.0705. The highest BCUT2D eigenvalue weighted by atomic mass is 16.5. The Morgan fingerprint density at radius 2 is 1.84 bits per heavy atom. The Morgan fingerprint density at radius 3 is 2.58 bits per heavy atom. The van der Waals surface area contributed by atoms with Crippen molar-refractivity contribution < 1.29 is 4.74 Å². The Morgan fingerprint density at radius 1 is 1.05 bits per heavy atom. The maximum Gasteiger partial charge on any atom is 0.120 e. The molecule has 0 amide bonds. The Kier molecular flexibility index (Phi) is 4.79. The van der Waals surface area contributed by atoms with E-state index in [0.29, 0.717) is 0 Å². The van der Waals surface area contributed by atoms with E-state index in [1.54, 1.807) is 0 Å². The van der Waals surface area contributed by atoms with Crippen LogP contribution in [-0.2, 0) is 0 Å². The average molecular weight is 252 g/mol. The van der Waals surface area contributed by atoms with Crippen molar-refractivity contribution >= 4 is 10.8 Å². The number of unbranched alkanes of at least 4 members (excludes halogenated alkanes) is 1. The van der Waals surface area contributed by atoms with E-state index in [-0.39, 0.29) is 6.10 Å². The molecular weight excluding hydrogens is 232 g/mol. The summed E-state index contributed by atoms with van der Waals surface area (Å²) < 4.78 is 5.97. The van der Waals surface area contributed by atoms with Crippen LogP contribution in [0.4, 0.5) is 0 Å². The molecule has 0 aromatic heterocycles. The van der Waals surface area contributed by atoms with Crippen molar-refractivity contribution in [3.8, 4) is 5.75 Å². The summed E-state index contributed by atoms with van der Waals surface area (Å²) in [5.74, 6) is 0.905. The summed E-state index contributed by atoms with van der Waals surface area (Å²) in [6.07, 6.45) is 6.96. The monoisotopic (exact) mass is 252 g/mol. The maximum absolute atomic E-state index is 5.97. The minimum Gasteiger partial charge on any atom is -0.486 e. The van der Waals surface area contributed by atoms with Crippen LogP contribution in [0.2, 0.25) is 0 Å². The van der Waals surface area contributed by atoms with Gasteiger partial charge in [0.15, 0.2) is 0 Å². The molecule has 0 saturated carbocycles. The number of hydrogen-bond donors (Lipinski definition) is 0. The smallest absolute Gasteiger partial charge is 0.120 e.